The molecule has 0 aliphatic heterocycles. The Labute approximate surface area is 184 Å². The van der Waals surface area contributed by atoms with Crippen LogP contribution in [0.5, 0.6) is 0 Å². The Morgan fingerprint density at radius 2 is 2.03 bits per heavy atom. The highest BCUT2D eigenvalue weighted by Crippen LogP contribution is 2.35. The van der Waals surface area contributed by atoms with Crippen molar-refractivity contribution in [3.8, 4) is 0 Å². The third-order valence-corrected chi connectivity index (χ3v) is 6.47. The van der Waals surface area contributed by atoms with E-state index >= 15 is 0 Å². The van der Waals surface area contributed by atoms with Crippen LogP contribution in [-0.4, -0.2) is 18.7 Å². The third kappa shape index (κ3) is 3.55. The smallest absolute Gasteiger partial charge is 0.263 e. The molecule has 0 saturated heterocycles. The van der Waals surface area contributed by atoms with E-state index in [0.29, 0.717) is 29.1 Å². The van der Waals surface area contributed by atoms with Crippen LogP contribution in [0.15, 0.2) is 59.2 Å². The van der Waals surface area contributed by atoms with Crippen LogP contribution in [0.25, 0.3) is 16.7 Å². The number of aromatic nitrogens is 4. The van der Waals surface area contributed by atoms with Crippen molar-refractivity contribution in [1.82, 2.24) is 24.1 Å². The fourth-order valence-corrected chi connectivity index (χ4v) is 5.06. The van der Waals surface area contributed by atoms with E-state index in [4.69, 9.17) is 17.3 Å². The van der Waals surface area contributed by atoms with Crippen LogP contribution < -0.4 is 10.9 Å². The molecule has 3 aromatic heterocycles. The van der Waals surface area contributed by atoms with Gasteiger partial charge in [-0.15, -0.1) is 23.0 Å². The van der Waals surface area contributed by atoms with Crippen LogP contribution in [0.4, 0.5) is 0 Å². The van der Waals surface area contributed by atoms with E-state index in [1.807, 2.05) is 28.7 Å². The zero-order valence-corrected chi connectivity index (χ0v) is 19.0. The van der Waals surface area contributed by atoms with Crippen molar-refractivity contribution in [1.29, 1.82) is 0 Å². The summed E-state index contributed by atoms with van der Waals surface area (Å²) in [4.78, 5) is 14.3. The Balaban J connectivity index is 1.83. The van der Waals surface area contributed by atoms with Gasteiger partial charge in [0, 0.05) is 17.5 Å². The zero-order valence-electron chi connectivity index (χ0n) is 17.3. The Kier molecular flexibility index (Phi) is 5.48. The number of rotatable bonds is 6. The molecule has 30 heavy (non-hydrogen) atoms. The number of fused-ring (bicyclic) bond motifs is 3. The fourth-order valence-electron chi connectivity index (χ4n) is 3.73. The van der Waals surface area contributed by atoms with Crippen LogP contribution in [0.1, 0.15) is 31.7 Å². The normalized spacial score (nSPS) is 13.2. The molecular weight excluding hydrogens is 414 g/mol. The summed E-state index contributed by atoms with van der Waals surface area (Å²) in [5.74, 6) is 0.522. The van der Waals surface area contributed by atoms with Crippen LogP contribution >= 0.6 is 23.6 Å². The summed E-state index contributed by atoms with van der Waals surface area (Å²) in [6.07, 6.45) is 1.70. The number of benzene rings is 1. The number of para-hydroxylation sites is 1. The number of nitrogens with zero attached hydrogens (tertiary/aromatic N) is 4. The fraction of sp³-hybridized carbons (Fsp3) is 0.318. The largest absolute Gasteiger partial charge is 0.290 e. The van der Waals surface area contributed by atoms with Crippen molar-refractivity contribution >= 4 is 40.2 Å². The van der Waals surface area contributed by atoms with Crippen LogP contribution in [-0.2, 0) is 13.2 Å². The highest BCUT2D eigenvalue weighted by Gasteiger charge is 2.27. The summed E-state index contributed by atoms with van der Waals surface area (Å²) in [6, 6.07) is 11.8. The van der Waals surface area contributed by atoms with Gasteiger partial charge in [-0.2, -0.15) is 0 Å². The molecule has 4 aromatic rings. The zero-order chi connectivity index (χ0) is 21.5. The second-order valence-electron chi connectivity index (χ2n) is 8.32. The van der Waals surface area contributed by atoms with E-state index in [0.717, 1.165) is 5.52 Å². The van der Waals surface area contributed by atoms with Crippen molar-refractivity contribution in [2.24, 2.45) is 5.41 Å². The molecule has 4 rings (SSSR count). The van der Waals surface area contributed by atoms with Crippen LogP contribution in [0.2, 0.25) is 0 Å². The van der Waals surface area contributed by atoms with E-state index in [1.54, 1.807) is 26.7 Å². The molecule has 3 heterocycles. The minimum atomic E-state index is -0.0933. The molecule has 0 amide bonds. The molecular formula is C22H25N5OS2. The minimum absolute atomic E-state index is 0.0177. The van der Waals surface area contributed by atoms with Gasteiger partial charge in [0.05, 0.1) is 17.6 Å². The van der Waals surface area contributed by atoms with Crippen LogP contribution in [0, 0.1) is 10.2 Å². The van der Waals surface area contributed by atoms with Gasteiger partial charge in [0.25, 0.3) is 5.56 Å². The lowest BCUT2D eigenvalue weighted by molar-refractivity contribution is 0.255. The van der Waals surface area contributed by atoms with E-state index in [2.05, 4.69) is 50.2 Å². The van der Waals surface area contributed by atoms with Gasteiger partial charge in [0.2, 0.25) is 10.5 Å². The number of thiophene rings is 1. The van der Waals surface area contributed by atoms with Crippen molar-refractivity contribution in [3.63, 3.8) is 0 Å². The SMILES string of the molecule is C=CCn1c(=O)c2ccccc2n2c(=S)n(CN[C@@H](c3cccs3)C(C)(C)C)nc12. The molecule has 0 spiro atoms. The second kappa shape index (κ2) is 7.94. The van der Waals surface area contributed by atoms with Gasteiger partial charge in [0.15, 0.2) is 0 Å². The summed E-state index contributed by atoms with van der Waals surface area (Å²) in [5, 5.41) is 11.0. The van der Waals surface area contributed by atoms with Gasteiger partial charge in [0.1, 0.15) is 0 Å². The number of hydrogen-bond acceptors (Lipinski definition) is 5. The molecule has 0 unspecified atom stereocenters. The summed E-state index contributed by atoms with van der Waals surface area (Å²) in [7, 11) is 0. The first-order chi connectivity index (χ1) is 14.3. The first-order valence-electron chi connectivity index (χ1n) is 9.81. The molecule has 156 valence electrons. The summed E-state index contributed by atoms with van der Waals surface area (Å²) < 4.78 is 5.78. The van der Waals surface area contributed by atoms with Gasteiger partial charge in [-0.05, 0) is 41.2 Å². The maximum absolute atomic E-state index is 13.0. The van der Waals surface area contributed by atoms with Gasteiger partial charge >= 0.3 is 0 Å². The van der Waals surface area contributed by atoms with Crippen LogP contribution in [0.3, 0.4) is 0 Å². The van der Waals surface area contributed by atoms with Gasteiger partial charge in [-0.25, -0.2) is 4.68 Å². The molecule has 6 nitrogen and oxygen atoms in total. The predicted octanol–water partition coefficient (Wildman–Crippen LogP) is 4.76. The van der Waals surface area contributed by atoms with E-state index < -0.39 is 0 Å². The Hall–Kier alpha value is -2.55. The Morgan fingerprint density at radius 1 is 1.27 bits per heavy atom. The first-order valence-corrected chi connectivity index (χ1v) is 11.1. The first kappa shape index (κ1) is 20.7. The lowest BCUT2D eigenvalue weighted by Gasteiger charge is -2.30. The van der Waals surface area contributed by atoms with Crippen molar-refractivity contribution in [2.75, 3.05) is 0 Å². The van der Waals surface area contributed by atoms with Crippen molar-refractivity contribution in [2.45, 2.75) is 40.0 Å². The highest BCUT2D eigenvalue weighted by molar-refractivity contribution is 7.71. The number of nitrogens with one attached hydrogen (secondary N) is 1. The van der Waals surface area contributed by atoms with Crippen molar-refractivity contribution < 1.29 is 0 Å². The second-order valence-corrected chi connectivity index (χ2v) is 9.66. The Bertz CT molecular complexity index is 1320. The van der Waals surface area contributed by atoms with Crippen molar-refractivity contribution in [3.05, 3.63) is 74.4 Å². The van der Waals surface area contributed by atoms with Gasteiger partial charge < -0.3 is 0 Å². The average molecular weight is 440 g/mol. The predicted molar refractivity (Wildman–Crippen MR) is 126 cm³/mol. The molecule has 1 N–H and O–H groups in total. The third-order valence-electron chi connectivity index (χ3n) is 5.13. The highest BCUT2D eigenvalue weighted by atomic mass is 32.1. The topological polar surface area (TPSA) is 56.3 Å². The quantitative estimate of drug-likeness (QED) is 0.348. The number of allylic oxidation sites excluding steroid dienone is 1. The van der Waals surface area contributed by atoms with E-state index in [9.17, 15) is 4.79 Å². The molecule has 8 heteroatoms. The molecule has 1 aromatic carbocycles. The lowest BCUT2D eigenvalue weighted by atomic mass is 9.86. The minimum Gasteiger partial charge on any atom is -0.290 e. The summed E-state index contributed by atoms with van der Waals surface area (Å²) in [5.41, 5.74) is 0.688. The van der Waals surface area contributed by atoms with E-state index in [1.165, 1.54) is 4.88 Å². The standard InChI is InChI=1S/C22H25N5OS2/c1-5-12-25-19(28)15-9-6-7-10-16(15)27-20(25)24-26(21(27)29)14-23-18(22(2,3)4)17-11-8-13-30-17/h5-11,13,18,23H,1,12,14H2,2-4H3/t18-/m0/s1. The lowest BCUT2D eigenvalue weighted by Crippen LogP contribution is -2.33. The summed E-state index contributed by atoms with van der Waals surface area (Å²) in [6.45, 7) is 11.2. The molecule has 0 aliphatic carbocycles. The molecule has 0 bridgehead atoms. The van der Waals surface area contributed by atoms with E-state index in [-0.39, 0.29) is 17.0 Å². The summed E-state index contributed by atoms with van der Waals surface area (Å²) >= 11 is 7.51. The maximum Gasteiger partial charge on any atom is 0.263 e. The molecule has 0 fully saturated rings. The monoisotopic (exact) mass is 439 g/mol. The maximum atomic E-state index is 13.0. The average Bonchev–Trinajstić information content (AvgIpc) is 3.33. The number of hydrogen-bond donors (Lipinski definition) is 1. The molecule has 0 radical (unpaired) electrons. The molecule has 0 saturated carbocycles. The van der Waals surface area contributed by atoms with Gasteiger partial charge in [-0.1, -0.05) is 45.0 Å². The molecule has 1 atom stereocenters. The van der Waals surface area contributed by atoms with Gasteiger partial charge in [-0.3, -0.25) is 19.1 Å². The Morgan fingerprint density at radius 3 is 2.70 bits per heavy atom. The molecule has 0 aliphatic rings.